The van der Waals surface area contributed by atoms with Gasteiger partial charge < -0.3 is 19.5 Å². The molecule has 1 aliphatic heterocycles. The molecule has 0 unspecified atom stereocenters. The minimum Gasteiger partial charge on any atom is -0.497 e. The molecule has 6 heteroatoms. The monoisotopic (exact) mass is 319 g/mol. The van der Waals surface area contributed by atoms with Gasteiger partial charge in [0.2, 0.25) is 0 Å². The standard InChI is InChI=1S/C17H21NO5/c1-21-14-5-2-4-13(10-14)7-8-17(20)23-12-16(19)18-11-15-6-3-9-22-15/h2,4-5,7-8,10,15H,3,6,9,11-12H2,1H3,(H,18,19)/b8-7+/t15-/m0/s1. The van der Waals surface area contributed by atoms with Crippen molar-refractivity contribution in [1.82, 2.24) is 5.32 Å². The summed E-state index contributed by atoms with van der Waals surface area (Å²) in [5.74, 6) is -0.197. The molecule has 1 fully saturated rings. The highest BCUT2D eigenvalue weighted by Gasteiger charge is 2.16. The van der Waals surface area contributed by atoms with Crippen LogP contribution in [0.2, 0.25) is 0 Å². The maximum Gasteiger partial charge on any atom is 0.331 e. The summed E-state index contributed by atoms with van der Waals surface area (Å²) in [4.78, 5) is 23.2. The van der Waals surface area contributed by atoms with E-state index < -0.39 is 5.97 Å². The van der Waals surface area contributed by atoms with Gasteiger partial charge in [0.05, 0.1) is 13.2 Å². The number of amides is 1. The first-order chi connectivity index (χ1) is 11.2. The second-order valence-corrected chi connectivity index (χ2v) is 5.16. The van der Waals surface area contributed by atoms with Gasteiger partial charge in [0.25, 0.3) is 5.91 Å². The normalized spacial score (nSPS) is 17.2. The molecule has 1 heterocycles. The molecule has 2 rings (SSSR count). The molecule has 0 saturated carbocycles. The lowest BCUT2D eigenvalue weighted by molar-refractivity contribution is -0.143. The van der Waals surface area contributed by atoms with Crippen molar-refractivity contribution in [2.45, 2.75) is 18.9 Å². The van der Waals surface area contributed by atoms with E-state index in [0.717, 1.165) is 25.0 Å². The number of benzene rings is 1. The molecule has 1 amide bonds. The van der Waals surface area contributed by atoms with Crippen LogP contribution in [0, 0.1) is 0 Å². The Morgan fingerprint density at radius 1 is 1.43 bits per heavy atom. The van der Waals surface area contributed by atoms with Gasteiger partial charge in [0.15, 0.2) is 6.61 Å². The number of methoxy groups -OCH3 is 1. The minimum absolute atomic E-state index is 0.0719. The number of ether oxygens (including phenoxy) is 3. The van der Waals surface area contributed by atoms with Crippen molar-refractivity contribution < 1.29 is 23.8 Å². The molecule has 1 N–H and O–H groups in total. The highest BCUT2D eigenvalue weighted by molar-refractivity contribution is 5.89. The van der Waals surface area contributed by atoms with Crippen molar-refractivity contribution in [2.24, 2.45) is 0 Å². The van der Waals surface area contributed by atoms with E-state index in [1.165, 1.54) is 6.08 Å². The molecule has 6 nitrogen and oxygen atoms in total. The van der Waals surface area contributed by atoms with Crippen molar-refractivity contribution in [1.29, 1.82) is 0 Å². The van der Waals surface area contributed by atoms with Crippen molar-refractivity contribution in [2.75, 3.05) is 26.9 Å². The lowest BCUT2D eigenvalue weighted by Gasteiger charge is -2.10. The van der Waals surface area contributed by atoms with Crippen LogP contribution < -0.4 is 10.1 Å². The molecule has 23 heavy (non-hydrogen) atoms. The molecule has 1 aromatic carbocycles. The third kappa shape index (κ3) is 6.12. The molecule has 0 spiro atoms. The number of esters is 1. The molecular formula is C17H21NO5. The Labute approximate surface area is 135 Å². The van der Waals surface area contributed by atoms with Gasteiger partial charge in [0.1, 0.15) is 5.75 Å². The summed E-state index contributed by atoms with van der Waals surface area (Å²) in [7, 11) is 1.58. The molecule has 1 saturated heterocycles. The number of rotatable bonds is 7. The first kappa shape index (κ1) is 17.0. The summed E-state index contributed by atoms with van der Waals surface area (Å²) in [6.45, 7) is 0.897. The van der Waals surface area contributed by atoms with Crippen LogP contribution in [0.1, 0.15) is 18.4 Å². The number of nitrogens with one attached hydrogen (secondary N) is 1. The third-order valence-corrected chi connectivity index (χ3v) is 3.40. The van der Waals surface area contributed by atoms with Gasteiger partial charge in [0, 0.05) is 19.2 Å². The van der Waals surface area contributed by atoms with E-state index >= 15 is 0 Å². The van der Waals surface area contributed by atoms with E-state index in [4.69, 9.17) is 14.2 Å². The highest BCUT2D eigenvalue weighted by Crippen LogP contribution is 2.13. The molecule has 1 atom stereocenters. The average molecular weight is 319 g/mol. The van der Waals surface area contributed by atoms with Gasteiger partial charge >= 0.3 is 5.97 Å². The van der Waals surface area contributed by atoms with Gasteiger partial charge in [-0.05, 0) is 36.6 Å². The van der Waals surface area contributed by atoms with E-state index in [1.54, 1.807) is 19.3 Å². The van der Waals surface area contributed by atoms with Gasteiger partial charge in [-0.3, -0.25) is 4.79 Å². The summed E-state index contributed by atoms with van der Waals surface area (Å²) in [5, 5.41) is 2.69. The fraction of sp³-hybridized carbons (Fsp3) is 0.412. The fourth-order valence-electron chi connectivity index (χ4n) is 2.18. The van der Waals surface area contributed by atoms with Gasteiger partial charge in [-0.1, -0.05) is 12.1 Å². The zero-order chi connectivity index (χ0) is 16.5. The van der Waals surface area contributed by atoms with Crippen LogP contribution in [0.25, 0.3) is 6.08 Å². The van der Waals surface area contributed by atoms with Crippen molar-refractivity contribution in [3.8, 4) is 5.75 Å². The molecule has 1 aromatic rings. The molecular weight excluding hydrogens is 298 g/mol. The van der Waals surface area contributed by atoms with E-state index in [1.807, 2.05) is 18.2 Å². The summed E-state index contributed by atoms with van der Waals surface area (Å²) in [6.07, 6.45) is 4.92. The lowest BCUT2D eigenvalue weighted by Crippen LogP contribution is -2.34. The first-order valence-corrected chi connectivity index (χ1v) is 7.54. The van der Waals surface area contributed by atoms with Crippen LogP contribution >= 0.6 is 0 Å². The second kappa shape index (κ2) is 8.95. The Hall–Kier alpha value is -2.34. The quantitative estimate of drug-likeness (QED) is 0.610. The van der Waals surface area contributed by atoms with Crippen molar-refractivity contribution in [3.05, 3.63) is 35.9 Å². The predicted octanol–water partition coefficient (Wildman–Crippen LogP) is 1.55. The highest BCUT2D eigenvalue weighted by atomic mass is 16.5. The fourth-order valence-corrected chi connectivity index (χ4v) is 2.18. The van der Waals surface area contributed by atoms with Crippen molar-refractivity contribution >= 4 is 18.0 Å². The van der Waals surface area contributed by atoms with Crippen LogP contribution in [0.15, 0.2) is 30.3 Å². The topological polar surface area (TPSA) is 73.9 Å². The first-order valence-electron chi connectivity index (χ1n) is 7.54. The number of hydrogen-bond donors (Lipinski definition) is 1. The molecule has 0 radical (unpaired) electrons. The SMILES string of the molecule is COc1cccc(/C=C/C(=O)OCC(=O)NC[C@@H]2CCCO2)c1. The summed E-state index contributed by atoms with van der Waals surface area (Å²) in [6, 6.07) is 7.26. The van der Waals surface area contributed by atoms with Gasteiger partial charge in [-0.15, -0.1) is 0 Å². The zero-order valence-electron chi connectivity index (χ0n) is 13.1. The molecule has 0 aliphatic carbocycles. The Kier molecular flexibility index (Phi) is 6.62. The lowest BCUT2D eigenvalue weighted by atomic mass is 10.2. The second-order valence-electron chi connectivity index (χ2n) is 5.16. The number of carbonyl (C=O) groups excluding carboxylic acids is 2. The van der Waals surface area contributed by atoms with E-state index in [0.29, 0.717) is 12.3 Å². The summed E-state index contributed by atoms with van der Waals surface area (Å²) in [5.41, 5.74) is 0.809. The smallest absolute Gasteiger partial charge is 0.331 e. The molecule has 0 aromatic heterocycles. The third-order valence-electron chi connectivity index (χ3n) is 3.40. The Balaban J connectivity index is 1.69. The Morgan fingerprint density at radius 2 is 2.30 bits per heavy atom. The van der Waals surface area contributed by atoms with Crippen LogP contribution in [0.3, 0.4) is 0 Å². The predicted molar refractivity (Wildman–Crippen MR) is 85.0 cm³/mol. The van der Waals surface area contributed by atoms with E-state index in [2.05, 4.69) is 5.32 Å². The van der Waals surface area contributed by atoms with Crippen molar-refractivity contribution in [3.63, 3.8) is 0 Å². The molecule has 0 bridgehead atoms. The average Bonchev–Trinajstić information content (AvgIpc) is 3.10. The zero-order valence-corrected chi connectivity index (χ0v) is 13.1. The van der Waals surface area contributed by atoms with Gasteiger partial charge in [-0.25, -0.2) is 4.79 Å². The van der Waals surface area contributed by atoms with Gasteiger partial charge in [-0.2, -0.15) is 0 Å². The largest absolute Gasteiger partial charge is 0.497 e. The van der Waals surface area contributed by atoms with Crippen LogP contribution in [-0.2, 0) is 19.1 Å². The maximum absolute atomic E-state index is 11.6. The van der Waals surface area contributed by atoms with E-state index in [-0.39, 0.29) is 18.6 Å². The summed E-state index contributed by atoms with van der Waals surface area (Å²) < 4.78 is 15.4. The molecule has 1 aliphatic rings. The molecule has 124 valence electrons. The Morgan fingerprint density at radius 3 is 3.04 bits per heavy atom. The van der Waals surface area contributed by atoms with Crippen LogP contribution in [0.5, 0.6) is 5.75 Å². The number of hydrogen-bond acceptors (Lipinski definition) is 5. The number of carbonyl (C=O) groups is 2. The van der Waals surface area contributed by atoms with Crippen LogP contribution in [-0.4, -0.2) is 44.8 Å². The minimum atomic E-state index is -0.569. The summed E-state index contributed by atoms with van der Waals surface area (Å²) >= 11 is 0. The van der Waals surface area contributed by atoms with Crippen LogP contribution in [0.4, 0.5) is 0 Å². The van der Waals surface area contributed by atoms with E-state index in [9.17, 15) is 9.59 Å². The maximum atomic E-state index is 11.6. The Bertz CT molecular complexity index is 564.